The fourth-order valence-electron chi connectivity index (χ4n) is 2.94. The monoisotopic (exact) mass is 346 g/mol. The number of carbonyl (C=O) groups is 1. The van der Waals surface area contributed by atoms with Crippen LogP contribution < -0.4 is 10.6 Å². The van der Waals surface area contributed by atoms with Gasteiger partial charge in [0.25, 0.3) is 5.91 Å². The Bertz CT molecular complexity index is 914. The molecular weight excluding hydrogens is 328 g/mol. The maximum absolute atomic E-state index is 12.3. The van der Waals surface area contributed by atoms with E-state index in [1.54, 1.807) is 24.8 Å². The third kappa shape index (κ3) is 3.37. The Kier molecular flexibility index (Phi) is 4.51. The minimum Gasteiger partial charge on any atom is -0.369 e. The van der Waals surface area contributed by atoms with Crippen molar-refractivity contribution in [3.05, 3.63) is 65.9 Å². The minimum absolute atomic E-state index is 0.157. The highest BCUT2D eigenvalue weighted by atomic mass is 16.1. The van der Waals surface area contributed by atoms with Crippen LogP contribution in [-0.2, 0) is 12.8 Å². The van der Waals surface area contributed by atoms with E-state index in [9.17, 15) is 4.79 Å². The predicted molar refractivity (Wildman–Crippen MR) is 97.7 cm³/mol. The quantitative estimate of drug-likeness (QED) is 0.733. The van der Waals surface area contributed by atoms with Crippen molar-refractivity contribution in [2.75, 3.05) is 18.4 Å². The first-order chi connectivity index (χ1) is 12.8. The van der Waals surface area contributed by atoms with Crippen molar-refractivity contribution in [1.82, 2.24) is 25.3 Å². The Morgan fingerprint density at radius 3 is 2.77 bits per heavy atom. The van der Waals surface area contributed by atoms with Gasteiger partial charge in [-0.3, -0.25) is 14.8 Å². The molecular formula is C19H18N6O. The molecule has 26 heavy (non-hydrogen) atoms. The standard InChI is InChI=1S/C19H18N6O/c26-19-16-15(6-11-23-19)18(22-10-5-13-3-8-20-9-4-13)25-17(24-16)14-2-1-7-21-12-14/h1-4,7-9,12H,5-6,10-11H2,(H,23,26)(H,22,24,25). The summed E-state index contributed by atoms with van der Waals surface area (Å²) in [6.45, 7) is 1.31. The predicted octanol–water partition coefficient (Wildman–Crippen LogP) is 1.87. The number of fused-ring (bicyclic) bond motifs is 1. The Morgan fingerprint density at radius 2 is 1.96 bits per heavy atom. The second-order valence-electron chi connectivity index (χ2n) is 6.00. The molecule has 2 N–H and O–H groups in total. The van der Waals surface area contributed by atoms with Crippen LogP contribution in [0.2, 0.25) is 0 Å². The third-order valence-electron chi connectivity index (χ3n) is 4.26. The number of nitrogens with one attached hydrogen (secondary N) is 2. The second kappa shape index (κ2) is 7.26. The molecule has 0 fully saturated rings. The molecule has 0 aromatic carbocycles. The Hall–Kier alpha value is -3.35. The van der Waals surface area contributed by atoms with Crippen molar-refractivity contribution in [1.29, 1.82) is 0 Å². The van der Waals surface area contributed by atoms with E-state index in [-0.39, 0.29) is 5.91 Å². The first kappa shape index (κ1) is 16.1. The number of hydrogen-bond acceptors (Lipinski definition) is 6. The average Bonchev–Trinajstić information content (AvgIpc) is 2.70. The van der Waals surface area contributed by atoms with Crippen LogP contribution in [0.15, 0.2) is 49.1 Å². The zero-order valence-electron chi connectivity index (χ0n) is 14.1. The molecule has 1 aliphatic heterocycles. The molecule has 4 heterocycles. The number of pyridine rings is 2. The lowest BCUT2D eigenvalue weighted by atomic mass is 10.1. The fraction of sp³-hybridized carbons (Fsp3) is 0.211. The summed E-state index contributed by atoms with van der Waals surface area (Å²) >= 11 is 0. The van der Waals surface area contributed by atoms with E-state index >= 15 is 0 Å². The number of anilines is 1. The molecule has 0 saturated heterocycles. The third-order valence-corrected chi connectivity index (χ3v) is 4.26. The summed E-state index contributed by atoms with van der Waals surface area (Å²) in [4.78, 5) is 29.6. The topological polar surface area (TPSA) is 92.7 Å². The Morgan fingerprint density at radius 1 is 1.08 bits per heavy atom. The van der Waals surface area contributed by atoms with Gasteiger partial charge >= 0.3 is 0 Å². The molecule has 1 aliphatic rings. The molecule has 3 aromatic rings. The van der Waals surface area contributed by atoms with E-state index in [1.807, 2.05) is 24.3 Å². The second-order valence-corrected chi connectivity index (χ2v) is 6.00. The number of aromatic nitrogens is 4. The van der Waals surface area contributed by atoms with Gasteiger partial charge in [0.1, 0.15) is 11.5 Å². The van der Waals surface area contributed by atoms with E-state index in [1.165, 1.54) is 5.56 Å². The fourth-order valence-corrected chi connectivity index (χ4v) is 2.94. The van der Waals surface area contributed by atoms with E-state index in [0.29, 0.717) is 31.0 Å². The van der Waals surface area contributed by atoms with Crippen LogP contribution in [0.4, 0.5) is 5.82 Å². The zero-order valence-corrected chi connectivity index (χ0v) is 14.1. The molecule has 0 radical (unpaired) electrons. The van der Waals surface area contributed by atoms with Gasteiger partial charge in [0.15, 0.2) is 5.82 Å². The Balaban J connectivity index is 1.63. The van der Waals surface area contributed by atoms with E-state index in [4.69, 9.17) is 0 Å². The molecule has 0 saturated carbocycles. The highest BCUT2D eigenvalue weighted by Crippen LogP contribution is 2.24. The normalized spacial score (nSPS) is 13.0. The minimum atomic E-state index is -0.157. The summed E-state index contributed by atoms with van der Waals surface area (Å²) in [5, 5.41) is 6.23. The van der Waals surface area contributed by atoms with Gasteiger partial charge in [0, 0.05) is 49.0 Å². The Labute approximate surface area is 151 Å². The van der Waals surface area contributed by atoms with Gasteiger partial charge in [-0.1, -0.05) is 0 Å². The molecule has 0 atom stereocenters. The summed E-state index contributed by atoms with van der Waals surface area (Å²) in [6, 6.07) is 7.70. The van der Waals surface area contributed by atoms with Crippen LogP contribution in [0, 0.1) is 0 Å². The molecule has 0 aliphatic carbocycles. The first-order valence-corrected chi connectivity index (χ1v) is 8.53. The highest BCUT2D eigenvalue weighted by Gasteiger charge is 2.24. The lowest BCUT2D eigenvalue weighted by Crippen LogP contribution is -2.34. The number of rotatable bonds is 5. The van der Waals surface area contributed by atoms with Gasteiger partial charge < -0.3 is 10.6 Å². The van der Waals surface area contributed by atoms with Crippen molar-refractivity contribution in [3.8, 4) is 11.4 Å². The highest BCUT2D eigenvalue weighted by molar-refractivity contribution is 5.96. The summed E-state index contributed by atoms with van der Waals surface area (Å²) < 4.78 is 0. The van der Waals surface area contributed by atoms with Gasteiger partial charge in [0.2, 0.25) is 0 Å². The van der Waals surface area contributed by atoms with Crippen LogP contribution in [0.3, 0.4) is 0 Å². The van der Waals surface area contributed by atoms with E-state index in [0.717, 1.165) is 23.4 Å². The molecule has 7 heteroatoms. The van der Waals surface area contributed by atoms with Crippen molar-refractivity contribution in [2.24, 2.45) is 0 Å². The van der Waals surface area contributed by atoms with Gasteiger partial charge in [-0.2, -0.15) is 0 Å². The average molecular weight is 346 g/mol. The van der Waals surface area contributed by atoms with Crippen LogP contribution in [0.1, 0.15) is 21.6 Å². The molecule has 7 nitrogen and oxygen atoms in total. The number of nitrogens with zero attached hydrogens (tertiary/aromatic N) is 4. The lowest BCUT2D eigenvalue weighted by Gasteiger charge is -2.20. The van der Waals surface area contributed by atoms with Crippen LogP contribution >= 0.6 is 0 Å². The molecule has 4 rings (SSSR count). The van der Waals surface area contributed by atoms with Crippen LogP contribution in [0.5, 0.6) is 0 Å². The van der Waals surface area contributed by atoms with Gasteiger partial charge in [-0.25, -0.2) is 9.97 Å². The SMILES string of the molecule is O=C1NCCc2c(NCCc3ccncc3)nc(-c3cccnc3)nc21. The van der Waals surface area contributed by atoms with Gasteiger partial charge in [-0.05, 0) is 42.7 Å². The zero-order chi connectivity index (χ0) is 17.8. The number of amides is 1. The van der Waals surface area contributed by atoms with Crippen molar-refractivity contribution in [3.63, 3.8) is 0 Å². The largest absolute Gasteiger partial charge is 0.369 e. The van der Waals surface area contributed by atoms with E-state index in [2.05, 4.69) is 30.6 Å². The summed E-state index contributed by atoms with van der Waals surface area (Å²) in [5.41, 5.74) is 3.29. The summed E-state index contributed by atoms with van der Waals surface area (Å²) in [6.07, 6.45) is 8.52. The van der Waals surface area contributed by atoms with E-state index < -0.39 is 0 Å². The van der Waals surface area contributed by atoms with Crippen molar-refractivity contribution < 1.29 is 4.79 Å². The molecule has 0 bridgehead atoms. The molecule has 0 spiro atoms. The summed E-state index contributed by atoms with van der Waals surface area (Å²) in [7, 11) is 0. The maximum atomic E-state index is 12.3. The molecule has 130 valence electrons. The van der Waals surface area contributed by atoms with Crippen molar-refractivity contribution in [2.45, 2.75) is 12.8 Å². The maximum Gasteiger partial charge on any atom is 0.270 e. The number of hydrogen-bond donors (Lipinski definition) is 2. The first-order valence-electron chi connectivity index (χ1n) is 8.53. The molecule has 1 amide bonds. The smallest absolute Gasteiger partial charge is 0.270 e. The van der Waals surface area contributed by atoms with Crippen LogP contribution in [-0.4, -0.2) is 38.9 Å². The van der Waals surface area contributed by atoms with Crippen LogP contribution in [0.25, 0.3) is 11.4 Å². The van der Waals surface area contributed by atoms with Gasteiger partial charge in [0.05, 0.1) is 0 Å². The summed E-state index contributed by atoms with van der Waals surface area (Å²) in [5.74, 6) is 1.06. The van der Waals surface area contributed by atoms with Crippen molar-refractivity contribution >= 4 is 11.7 Å². The molecule has 3 aromatic heterocycles. The molecule has 0 unspecified atom stereocenters. The number of carbonyl (C=O) groups excluding carboxylic acids is 1. The lowest BCUT2D eigenvalue weighted by molar-refractivity contribution is 0.0940. The van der Waals surface area contributed by atoms with Gasteiger partial charge in [-0.15, -0.1) is 0 Å².